The highest BCUT2D eigenvalue weighted by Crippen LogP contribution is 2.29. The van der Waals surface area contributed by atoms with Crippen molar-refractivity contribution in [3.05, 3.63) is 71.9 Å². The van der Waals surface area contributed by atoms with Crippen LogP contribution in [-0.2, 0) is 4.79 Å². The first-order chi connectivity index (χ1) is 14.4. The van der Waals surface area contributed by atoms with Crippen molar-refractivity contribution in [2.75, 3.05) is 5.32 Å². The van der Waals surface area contributed by atoms with Crippen LogP contribution in [0.5, 0.6) is 0 Å². The molecular weight excluding hydrogens is 401 g/mol. The zero-order valence-corrected chi connectivity index (χ0v) is 17.6. The van der Waals surface area contributed by atoms with Gasteiger partial charge in [-0.1, -0.05) is 23.9 Å². The number of aromatic nitrogens is 4. The second-order valence-corrected chi connectivity index (χ2v) is 8.35. The summed E-state index contributed by atoms with van der Waals surface area (Å²) in [5.74, 6) is -0.420. The van der Waals surface area contributed by atoms with Crippen LogP contribution in [0, 0.1) is 19.7 Å². The summed E-state index contributed by atoms with van der Waals surface area (Å²) in [6, 6.07) is 12.0. The van der Waals surface area contributed by atoms with E-state index < -0.39 is 0 Å². The van der Waals surface area contributed by atoms with Gasteiger partial charge in [-0.15, -0.1) is 0 Å². The lowest BCUT2D eigenvalue weighted by Gasteiger charge is -2.14. The molecule has 0 aliphatic rings. The molecule has 0 saturated heterocycles. The van der Waals surface area contributed by atoms with E-state index in [1.54, 1.807) is 23.0 Å². The molecule has 4 rings (SSSR count). The summed E-state index contributed by atoms with van der Waals surface area (Å²) in [5.41, 5.74) is 4.20. The molecule has 1 atom stereocenters. The van der Waals surface area contributed by atoms with Gasteiger partial charge in [-0.25, -0.2) is 19.0 Å². The molecule has 2 aromatic carbocycles. The first-order valence-electron chi connectivity index (χ1n) is 9.42. The molecule has 152 valence electrons. The third-order valence-electron chi connectivity index (χ3n) is 4.71. The molecule has 2 heterocycles. The van der Waals surface area contributed by atoms with E-state index in [1.807, 2.05) is 39.0 Å². The lowest BCUT2D eigenvalue weighted by atomic mass is 10.1. The number of hydrogen-bond acceptors (Lipinski definition) is 5. The maximum Gasteiger partial charge on any atom is 0.237 e. The smallest absolute Gasteiger partial charge is 0.237 e. The molecule has 1 amide bonds. The number of amides is 1. The highest BCUT2D eigenvalue weighted by Gasteiger charge is 2.19. The Hall–Kier alpha value is -3.26. The summed E-state index contributed by atoms with van der Waals surface area (Å²) < 4.78 is 14.9. The molecule has 1 N–H and O–H groups in total. The number of fused-ring (bicyclic) bond motifs is 1. The maximum atomic E-state index is 13.2. The number of thioether (sulfide) groups is 1. The fraction of sp³-hybridized carbons (Fsp3) is 0.182. The third kappa shape index (κ3) is 4.04. The SMILES string of the molecule is Cc1ccc(C)c(NC(=O)C(C)Sc2ncnc3c2cnn3-c2ccc(F)cc2)c1. The summed E-state index contributed by atoms with van der Waals surface area (Å²) in [4.78, 5) is 21.4. The Morgan fingerprint density at radius 2 is 1.90 bits per heavy atom. The van der Waals surface area contributed by atoms with Crippen molar-refractivity contribution in [2.24, 2.45) is 0 Å². The second-order valence-electron chi connectivity index (χ2n) is 7.02. The number of benzene rings is 2. The van der Waals surface area contributed by atoms with Crippen LogP contribution < -0.4 is 5.32 Å². The van der Waals surface area contributed by atoms with Crippen LogP contribution >= 0.6 is 11.8 Å². The van der Waals surface area contributed by atoms with Crippen molar-refractivity contribution in [1.82, 2.24) is 19.7 Å². The topological polar surface area (TPSA) is 72.7 Å². The molecule has 0 spiro atoms. The minimum atomic E-state index is -0.378. The first kappa shape index (κ1) is 20.0. The van der Waals surface area contributed by atoms with Gasteiger partial charge >= 0.3 is 0 Å². The summed E-state index contributed by atoms with van der Waals surface area (Å²) in [6.07, 6.45) is 3.11. The third-order valence-corrected chi connectivity index (χ3v) is 5.83. The Labute approximate surface area is 177 Å². The number of aryl methyl sites for hydroxylation is 2. The van der Waals surface area contributed by atoms with E-state index in [9.17, 15) is 9.18 Å². The predicted molar refractivity (Wildman–Crippen MR) is 116 cm³/mol. The van der Waals surface area contributed by atoms with Crippen molar-refractivity contribution in [3.63, 3.8) is 0 Å². The molecule has 6 nitrogen and oxygen atoms in total. The van der Waals surface area contributed by atoms with Gasteiger partial charge in [0.05, 0.1) is 22.5 Å². The number of anilines is 1. The second kappa shape index (κ2) is 8.23. The minimum Gasteiger partial charge on any atom is -0.325 e. The normalized spacial score (nSPS) is 12.1. The molecule has 0 bridgehead atoms. The van der Waals surface area contributed by atoms with Gasteiger partial charge < -0.3 is 5.32 Å². The van der Waals surface area contributed by atoms with E-state index in [-0.39, 0.29) is 17.0 Å². The van der Waals surface area contributed by atoms with Gasteiger partial charge in [-0.05, 0) is 62.2 Å². The van der Waals surface area contributed by atoms with Gasteiger partial charge in [0.2, 0.25) is 5.91 Å². The number of nitrogens with one attached hydrogen (secondary N) is 1. The van der Waals surface area contributed by atoms with Crippen molar-refractivity contribution < 1.29 is 9.18 Å². The summed E-state index contributed by atoms with van der Waals surface area (Å²) >= 11 is 1.34. The van der Waals surface area contributed by atoms with Crippen LogP contribution in [0.25, 0.3) is 16.7 Å². The summed E-state index contributed by atoms with van der Waals surface area (Å²) in [7, 11) is 0. The van der Waals surface area contributed by atoms with E-state index in [4.69, 9.17) is 0 Å². The molecule has 0 fully saturated rings. The zero-order valence-electron chi connectivity index (χ0n) is 16.8. The van der Waals surface area contributed by atoms with Gasteiger partial charge in [-0.3, -0.25) is 4.79 Å². The van der Waals surface area contributed by atoms with Crippen LogP contribution in [0.3, 0.4) is 0 Å². The highest BCUT2D eigenvalue weighted by atomic mass is 32.2. The fourth-order valence-electron chi connectivity index (χ4n) is 3.01. The monoisotopic (exact) mass is 421 g/mol. The number of carbonyl (C=O) groups is 1. The largest absolute Gasteiger partial charge is 0.325 e. The number of rotatable bonds is 5. The van der Waals surface area contributed by atoms with Gasteiger partial charge in [0.15, 0.2) is 5.65 Å². The highest BCUT2D eigenvalue weighted by molar-refractivity contribution is 8.00. The molecule has 4 aromatic rings. The number of hydrogen-bond donors (Lipinski definition) is 1. The molecule has 0 radical (unpaired) electrons. The molecule has 8 heteroatoms. The molecule has 0 aliphatic heterocycles. The fourth-order valence-corrected chi connectivity index (χ4v) is 3.89. The molecule has 0 saturated carbocycles. The van der Waals surface area contributed by atoms with Crippen LogP contribution in [0.1, 0.15) is 18.1 Å². The summed E-state index contributed by atoms with van der Waals surface area (Å²) in [5, 5.41) is 8.39. The van der Waals surface area contributed by atoms with Crippen molar-refractivity contribution in [1.29, 1.82) is 0 Å². The Bertz CT molecular complexity index is 1220. The predicted octanol–water partition coefficient (Wildman–Crippen LogP) is 4.69. The van der Waals surface area contributed by atoms with E-state index in [0.717, 1.165) is 22.2 Å². The number of carbonyl (C=O) groups excluding carboxylic acids is 1. The van der Waals surface area contributed by atoms with Crippen LogP contribution in [0.15, 0.2) is 60.0 Å². The Kier molecular flexibility index (Phi) is 5.50. The molecular formula is C22H20FN5OS. The van der Waals surface area contributed by atoms with Crippen molar-refractivity contribution in [2.45, 2.75) is 31.0 Å². The van der Waals surface area contributed by atoms with E-state index in [1.165, 1.54) is 30.2 Å². The average molecular weight is 422 g/mol. The summed E-state index contributed by atoms with van der Waals surface area (Å²) in [6.45, 7) is 5.79. The lowest BCUT2D eigenvalue weighted by Crippen LogP contribution is -2.23. The molecule has 30 heavy (non-hydrogen) atoms. The van der Waals surface area contributed by atoms with Crippen molar-refractivity contribution >= 4 is 34.4 Å². The first-order valence-corrected chi connectivity index (χ1v) is 10.3. The van der Waals surface area contributed by atoms with Gasteiger partial charge in [0, 0.05) is 5.69 Å². The van der Waals surface area contributed by atoms with Crippen LogP contribution in [0.4, 0.5) is 10.1 Å². The van der Waals surface area contributed by atoms with E-state index in [2.05, 4.69) is 20.4 Å². The number of halogens is 1. The van der Waals surface area contributed by atoms with Crippen LogP contribution in [0.2, 0.25) is 0 Å². The Balaban J connectivity index is 1.57. The minimum absolute atomic E-state index is 0.105. The zero-order chi connectivity index (χ0) is 21.3. The molecule has 0 aliphatic carbocycles. The lowest BCUT2D eigenvalue weighted by molar-refractivity contribution is -0.115. The molecule has 2 aromatic heterocycles. The van der Waals surface area contributed by atoms with Gasteiger partial charge in [-0.2, -0.15) is 5.10 Å². The Morgan fingerprint density at radius 3 is 2.67 bits per heavy atom. The van der Waals surface area contributed by atoms with Crippen LogP contribution in [-0.4, -0.2) is 30.9 Å². The quantitative estimate of drug-likeness (QED) is 0.374. The molecule has 1 unspecified atom stereocenters. The maximum absolute atomic E-state index is 13.2. The van der Waals surface area contributed by atoms with Crippen molar-refractivity contribution in [3.8, 4) is 5.69 Å². The van der Waals surface area contributed by atoms with E-state index in [0.29, 0.717) is 16.4 Å². The Morgan fingerprint density at radius 1 is 1.13 bits per heavy atom. The van der Waals surface area contributed by atoms with E-state index >= 15 is 0 Å². The standard InChI is InChI=1S/C22H20FN5OS/c1-13-4-5-14(2)19(10-13)27-21(29)15(3)30-22-18-11-26-28(20(18)24-12-25-22)17-8-6-16(23)7-9-17/h4-12,15H,1-3H3,(H,27,29). The van der Waals surface area contributed by atoms with Gasteiger partial charge in [0.1, 0.15) is 17.2 Å². The average Bonchev–Trinajstić information content (AvgIpc) is 3.16. The number of nitrogens with zero attached hydrogens (tertiary/aromatic N) is 4. The van der Waals surface area contributed by atoms with Gasteiger partial charge in [0.25, 0.3) is 0 Å².